The molecule has 2 aromatic rings. The Morgan fingerprint density at radius 2 is 2.00 bits per heavy atom. The first-order chi connectivity index (χ1) is 8.19. The molecule has 0 aliphatic rings. The van der Waals surface area contributed by atoms with Gasteiger partial charge in [0.2, 0.25) is 5.88 Å². The topological polar surface area (TPSA) is 35.0 Å². The molecule has 3 nitrogen and oxygen atoms in total. The van der Waals surface area contributed by atoms with Crippen LogP contribution in [0.1, 0.15) is 5.69 Å². The second-order valence-electron chi connectivity index (χ2n) is 3.16. The van der Waals surface area contributed by atoms with Gasteiger partial charge in [0.05, 0.1) is 24.0 Å². The number of halogens is 3. The van der Waals surface area contributed by atoms with Crippen molar-refractivity contribution in [3.05, 3.63) is 47.9 Å². The van der Waals surface area contributed by atoms with E-state index in [2.05, 4.69) is 9.97 Å². The highest BCUT2D eigenvalue weighted by molar-refractivity contribution is 6.16. The summed E-state index contributed by atoms with van der Waals surface area (Å²) in [5.41, 5.74) is 0.582. The molecule has 17 heavy (non-hydrogen) atoms. The summed E-state index contributed by atoms with van der Waals surface area (Å²) in [6.45, 7) is 0. The zero-order chi connectivity index (χ0) is 12.3. The predicted molar refractivity (Wildman–Crippen MR) is 58.0 cm³/mol. The standard InChI is InChI=1S/C11H7ClF2N2O/c12-4-8-5-16-11(6-15-8)17-10-2-1-7(13)3-9(10)14/h1-3,5-6H,4H2. The van der Waals surface area contributed by atoms with Gasteiger partial charge in [0.1, 0.15) is 5.82 Å². The smallest absolute Gasteiger partial charge is 0.237 e. The first kappa shape index (κ1) is 11.7. The molecule has 0 radical (unpaired) electrons. The zero-order valence-electron chi connectivity index (χ0n) is 8.53. The molecule has 0 fully saturated rings. The summed E-state index contributed by atoms with van der Waals surface area (Å²) in [5.74, 6) is -1.23. The van der Waals surface area contributed by atoms with Gasteiger partial charge in [-0.05, 0) is 12.1 Å². The summed E-state index contributed by atoms with van der Waals surface area (Å²) in [6.07, 6.45) is 2.74. The van der Waals surface area contributed by atoms with Crippen LogP contribution >= 0.6 is 11.6 Å². The summed E-state index contributed by atoms with van der Waals surface area (Å²) in [4.78, 5) is 7.80. The first-order valence-electron chi connectivity index (χ1n) is 4.69. The summed E-state index contributed by atoms with van der Waals surface area (Å²) >= 11 is 5.54. The van der Waals surface area contributed by atoms with Crippen molar-refractivity contribution in [2.75, 3.05) is 0 Å². The normalized spacial score (nSPS) is 10.3. The highest BCUT2D eigenvalue weighted by Crippen LogP contribution is 2.22. The number of rotatable bonds is 3. The summed E-state index contributed by atoms with van der Waals surface area (Å²) in [7, 11) is 0. The van der Waals surface area contributed by atoms with Crippen molar-refractivity contribution in [3.63, 3.8) is 0 Å². The van der Waals surface area contributed by atoms with Gasteiger partial charge < -0.3 is 4.74 Å². The Morgan fingerprint density at radius 3 is 2.59 bits per heavy atom. The van der Waals surface area contributed by atoms with Crippen LogP contribution < -0.4 is 4.74 Å². The average Bonchev–Trinajstić information content (AvgIpc) is 2.34. The van der Waals surface area contributed by atoms with E-state index in [4.69, 9.17) is 16.3 Å². The van der Waals surface area contributed by atoms with Crippen molar-refractivity contribution in [1.29, 1.82) is 0 Å². The summed E-state index contributed by atoms with van der Waals surface area (Å²) < 4.78 is 31.0. The van der Waals surface area contributed by atoms with Crippen LogP contribution in [0.25, 0.3) is 0 Å². The maximum atomic E-state index is 13.2. The fourth-order valence-corrected chi connectivity index (χ4v) is 1.27. The van der Waals surface area contributed by atoms with Gasteiger partial charge >= 0.3 is 0 Å². The SMILES string of the molecule is Fc1ccc(Oc2cnc(CCl)cn2)c(F)c1. The maximum Gasteiger partial charge on any atom is 0.237 e. The number of aromatic nitrogens is 2. The molecule has 0 N–H and O–H groups in total. The van der Waals surface area contributed by atoms with Crippen molar-refractivity contribution in [2.45, 2.75) is 5.88 Å². The molecule has 0 saturated heterocycles. The Kier molecular flexibility index (Phi) is 3.49. The molecule has 88 valence electrons. The number of hydrogen-bond donors (Lipinski definition) is 0. The van der Waals surface area contributed by atoms with Crippen molar-refractivity contribution >= 4 is 11.6 Å². The lowest BCUT2D eigenvalue weighted by Crippen LogP contribution is -1.94. The van der Waals surface area contributed by atoms with E-state index in [0.717, 1.165) is 12.1 Å². The first-order valence-corrected chi connectivity index (χ1v) is 5.22. The molecule has 2 rings (SSSR count). The maximum absolute atomic E-state index is 13.2. The Morgan fingerprint density at radius 1 is 1.18 bits per heavy atom. The highest BCUT2D eigenvalue weighted by Gasteiger charge is 2.07. The van der Waals surface area contributed by atoms with Gasteiger partial charge in [-0.3, -0.25) is 4.98 Å². The number of alkyl halides is 1. The molecule has 0 aliphatic heterocycles. The molecule has 1 heterocycles. The number of nitrogens with zero attached hydrogens (tertiary/aromatic N) is 2. The van der Waals surface area contributed by atoms with Crippen LogP contribution in [-0.2, 0) is 5.88 Å². The van der Waals surface area contributed by atoms with E-state index in [-0.39, 0.29) is 17.5 Å². The molecule has 0 atom stereocenters. The zero-order valence-corrected chi connectivity index (χ0v) is 9.29. The fraction of sp³-hybridized carbons (Fsp3) is 0.0909. The molecule has 0 saturated carbocycles. The Hall–Kier alpha value is -1.75. The van der Waals surface area contributed by atoms with E-state index in [1.165, 1.54) is 18.5 Å². The van der Waals surface area contributed by atoms with Gasteiger partial charge in [-0.2, -0.15) is 0 Å². The third-order valence-electron chi connectivity index (χ3n) is 1.93. The fourth-order valence-electron chi connectivity index (χ4n) is 1.14. The van der Waals surface area contributed by atoms with E-state index in [1.54, 1.807) is 0 Å². The quantitative estimate of drug-likeness (QED) is 0.791. The third-order valence-corrected chi connectivity index (χ3v) is 2.20. The van der Waals surface area contributed by atoms with Crippen molar-refractivity contribution in [3.8, 4) is 11.6 Å². The Balaban J connectivity index is 2.19. The van der Waals surface area contributed by atoms with Gasteiger partial charge in [-0.15, -0.1) is 11.6 Å². The van der Waals surface area contributed by atoms with E-state index in [0.29, 0.717) is 5.69 Å². The van der Waals surface area contributed by atoms with E-state index < -0.39 is 11.6 Å². The molecule has 0 amide bonds. The van der Waals surface area contributed by atoms with Gasteiger partial charge in [0, 0.05) is 6.07 Å². The molecule has 1 aromatic carbocycles. The van der Waals surface area contributed by atoms with Crippen LogP contribution in [0.3, 0.4) is 0 Å². The second-order valence-corrected chi connectivity index (χ2v) is 3.42. The van der Waals surface area contributed by atoms with E-state index >= 15 is 0 Å². The van der Waals surface area contributed by atoms with Gasteiger partial charge in [-0.25, -0.2) is 13.8 Å². The molecule has 0 bridgehead atoms. The molecule has 0 spiro atoms. The minimum absolute atomic E-state index is 0.112. The van der Waals surface area contributed by atoms with Gasteiger partial charge in [0.15, 0.2) is 11.6 Å². The van der Waals surface area contributed by atoms with Crippen LogP contribution in [0.2, 0.25) is 0 Å². The predicted octanol–water partition coefficient (Wildman–Crippen LogP) is 3.29. The molecule has 0 unspecified atom stereocenters. The lowest BCUT2D eigenvalue weighted by Gasteiger charge is -2.05. The van der Waals surface area contributed by atoms with E-state index in [9.17, 15) is 8.78 Å². The molecular formula is C11H7ClF2N2O. The second kappa shape index (κ2) is 5.05. The molecule has 1 aromatic heterocycles. The van der Waals surface area contributed by atoms with Crippen LogP contribution in [0.15, 0.2) is 30.6 Å². The Labute approximate surface area is 101 Å². The van der Waals surface area contributed by atoms with Crippen molar-refractivity contribution in [1.82, 2.24) is 9.97 Å². The molecule has 6 heteroatoms. The van der Waals surface area contributed by atoms with Gasteiger partial charge in [0.25, 0.3) is 0 Å². The Bertz CT molecular complexity index is 519. The largest absolute Gasteiger partial charge is 0.434 e. The highest BCUT2D eigenvalue weighted by atomic mass is 35.5. The molecule has 0 aliphatic carbocycles. The average molecular weight is 257 g/mol. The monoisotopic (exact) mass is 256 g/mol. The third kappa shape index (κ3) is 2.88. The van der Waals surface area contributed by atoms with Crippen molar-refractivity contribution in [2.24, 2.45) is 0 Å². The number of ether oxygens (including phenoxy) is 1. The van der Waals surface area contributed by atoms with Crippen molar-refractivity contribution < 1.29 is 13.5 Å². The van der Waals surface area contributed by atoms with Crippen LogP contribution in [-0.4, -0.2) is 9.97 Å². The van der Waals surface area contributed by atoms with Crippen LogP contribution in [0, 0.1) is 11.6 Å². The number of benzene rings is 1. The van der Waals surface area contributed by atoms with E-state index in [1.807, 2.05) is 0 Å². The summed E-state index contributed by atoms with van der Waals surface area (Å²) in [5, 5.41) is 0. The minimum atomic E-state index is -0.798. The van der Waals surface area contributed by atoms with Gasteiger partial charge in [-0.1, -0.05) is 0 Å². The summed E-state index contributed by atoms with van der Waals surface area (Å²) in [6, 6.07) is 3.01. The van der Waals surface area contributed by atoms with Crippen LogP contribution in [0.5, 0.6) is 11.6 Å². The number of hydrogen-bond acceptors (Lipinski definition) is 3. The minimum Gasteiger partial charge on any atom is -0.434 e. The molecular weight excluding hydrogens is 250 g/mol. The lowest BCUT2D eigenvalue weighted by molar-refractivity contribution is 0.421. The van der Waals surface area contributed by atoms with Crippen LogP contribution in [0.4, 0.5) is 8.78 Å². The lowest BCUT2D eigenvalue weighted by atomic mass is 10.3.